The van der Waals surface area contributed by atoms with Gasteiger partial charge < -0.3 is 20.9 Å². The van der Waals surface area contributed by atoms with Gasteiger partial charge in [-0.2, -0.15) is 0 Å². The van der Waals surface area contributed by atoms with Crippen molar-refractivity contribution >= 4 is 20.2 Å². The monoisotopic (exact) mass is 431 g/mol. The molecular formula is C18H33Cl2FeN4-3. The molecule has 0 saturated carbocycles. The molecule has 0 aromatic heterocycles. The molecule has 25 heavy (non-hydrogen) atoms. The predicted octanol–water partition coefficient (Wildman–Crippen LogP) is 5.44. The fraction of sp³-hybridized carbons (Fsp3) is 1.00. The van der Waals surface area contributed by atoms with Gasteiger partial charge >= 0.3 is 33.3 Å². The van der Waals surface area contributed by atoms with E-state index in [2.05, 4.69) is 4.90 Å². The van der Waals surface area contributed by atoms with E-state index in [1.807, 2.05) is 0 Å². The van der Waals surface area contributed by atoms with Crippen LogP contribution in [-0.2, 0) is 13.1 Å². The maximum atomic E-state index is 4.85. The zero-order valence-corrected chi connectivity index (χ0v) is 17.9. The van der Waals surface area contributed by atoms with Crippen molar-refractivity contribution < 1.29 is 13.1 Å². The van der Waals surface area contributed by atoms with Crippen LogP contribution < -0.4 is 0 Å². The number of hydrogen-bond acceptors (Lipinski definition) is 1. The van der Waals surface area contributed by atoms with Crippen molar-refractivity contribution in [2.45, 2.75) is 75.9 Å². The van der Waals surface area contributed by atoms with E-state index >= 15 is 0 Å². The molecule has 3 atom stereocenters. The summed E-state index contributed by atoms with van der Waals surface area (Å²) in [6.07, 6.45) is 11.9. The molecule has 150 valence electrons. The third kappa shape index (κ3) is 9.62. The summed E-state index contributed by atoms with van der Waals surface area (Å²) in [4.78, 5) is 2.67. The summed E-state index contributed by atoms with van der Waals surface area (Å²) < 4.78 is 0. The van der Waals surface area contributed by atoms with Gasteiger partial charge in [0.2, 0.25) is 0 Å². The van der Waals surface area contributed by atoms with Gasteiger partial charge in [0, 0.05) is 0 Å². The summed E-state index contributed by atoms with van der Waals surface area (Å²) in [5.41, 5.74) is 0. The Morgan fingerprint density at radius 2 is 0.960 bits per heavy atom. The molecule has 0 N–H and O–H groups in total. The first-order chi connectivity index (χ1) is 12.3. The van der Waals surface area contributed by atoms with Gasteiger partial charge in [-0.25, -0.2) is 0 Å². The van der Waals surface area contributed by atoms with E-state index in [9.17, 15) is 0 Å². The molecular weight excluding hydrogens is 399 g/mol. The molecule has 3 fully saturated rings. The number of nitrogens with zero attached hydrogens (tertiary/aromatic N) is 4. The van der Waals surface area contributed by atoms with Crippen molar-refractivity contribution in [2.24, 2.45) is 0 Å². The standard InChI is InChI=1S/C18H33N4.2ClH.Fe/c1-4-10-19-16(7-1)13-22(14-17-8-2-5-11-20-17)15-18-9-3-6-12-21-18;;;/h16-18H,1-15H2;2*1H;/q-3;;;+2/p-2. The van der Waals surface area contributed by atoms with Crippen molar-refractivity contribution in [3.63, 3.8) is 0 Å². The summed E-state index contributed by atoms with van der Waals surface area (Å²) in [6, 6.07) is 1.71. The Bertz CT molecular complexity index is 273. The molecule has 3 aliphatic heterocycles. The second kappa shape index (κ2) is 14.0. The molecule has 0 aromatic rings. The van der Waals surface area contributed by atoms with Gasteiger partial charge in [0.1, 0.15) is 0 Å². The van der Waals surface area contributed by atoms with Crippen LogP contribution in [0.15, 0.2) is 0 Å². The first-order valence-corrected chi connectivity index (χ1v) is 12.9. The molecule has 0 amide bonds. The van der Waals surface area contributed by atoms with Crippen LogP contribution in [-0.4, -0.2) is 62.3 Å². The van der Waals surface area contributed by atoms with Crippen molar-refractivity contribution in [3.05, 3.63) is 16.0 Å². The van der Waals surface area contributed by atoms with Crippen molar-refractivity contribution in [1.29, 1.82) is 0 Å². The number of piperidine rings is 3. The molecule has 0 spiro atoms. The van der Waals surface area contributed by atoms with E-state index in [0.29, 0.717) is 18.1 Å². The van der Waals surface area contributed by atoms with Crippen LogP contribution in [0.4, 0.5) is 0 Å². The average molecular weight is 432 g/mol. The Morgan fingerprint density at radius 1 is 0.640 bits per heavy atom. The molecule has 0 aliphatic carbocycles. The Morgan fingerprint density at radius 3 is 1.20 bits per heavy atom. The molecule has 3 rings (SSSR count). The molecule has 0 aromatic carbocycles. The van der Waals surface area contributed by atoms with Crippen LogP contribution >= 0.6 is 20.2 Å². The molecule has 0 radical (unpaired) electrons. The Balaban J connectivity index is 0.000000701. The number of halogens is 2. The van der Waals surface area contributed by atoms with Crippen LogP contribution in [0.25, 0.3) is 16.0 Å². The van der Waals surface area contributed by atoms with E-state index < -0.39 is 0 Å². The van der Waals surface area contributed by atoms with Crippen molar-refractivity contribution in [1.82, 2.24) is 4.90 Å². The normalized spacial score (nSPS) is 30.8. The first-order valence-electron chi connectivity index (χ1n) is 9.89. The Hall–Kier alpha value is 0.939. The SMILES string of the molecule is C1CCC(CN(CC2CCCC[N-]2)CC2CCCC[N-]2)[N-]C1.[Cl][Fe][Cl]. The third-order valence-corrected chi connectivity index (χ3v) is 5.41. The molecule has 3 saturated heterocycles. The van der Waals surface area contributed by atoms with Crippen LogP contribution in [0.5, 0.6) is 0 Å². The summed E-state index contributed by atoms with van der Waals surface area (Å²) >= 11 is 0.194. The summed E-state index contributed by atoms with van der Waals surface area (Å²) in [5, 5.41) is 14.6. The fourth-order valence-electron chi connectivity index (χ4n) is 4.14. The summed E-state index contributed by atoms with van der Waals surface area (Å²) in [7, 11) is 9.53. The molecule has 3 unspecified atom stereocenters. The molecule has 3 heterocycles. The minimum atomic E-state index is 0.194. The van der Waals surface area contributed by atoms with Gasteiger partial charge in [0.15, 0.2) is 0 Å². The minimum absolute atomic E-state index is 0.194. The topological polar surface area (TPSA) is 45.5 Å². The van der Waals surface area contributed by atoms with Crippen molar-refractivity contribution in [2.75, 3.05) is 39.3 Å². The van der Waals surface area contributed by atoms with Gasteiger partial charge in [0.25, 0.3) is 0 Å². The number of hydrogen-bond donors (Lipinski definition) is 0. The molecule has 7 heteroatoms. The first kappa shape index (κ1) is 22.2. The van der Waals surface area contributed by atoms with Gasteiger partial charge in [-0.05, 0) is 19.6 Å². The average Bonchev–Trinajstić information content (AvgIpc) is 2.65. The van der Waals surface area contributed by atoms with Gasteiger partial charge in [-0.15, -0.1) is 37.8 Å². The molecule has 0 bridgehead atoms. The second-order valence-electron chi connectivity index (χ2n) is 7.44. The zero-order valence-electron chi connectivity index (χ0n) is 15.2. The third-order valence-electron chi connectivity index (χ3n) is 5.41. The van der Waals surface area contributed by atoms with E-state index in [1.165, 1.54) is 57.8 Å². The summed E-state index contributed by atoms with van der Waals surface area (Å²) in [6.45, 7) is 6.70. The second-order valence-corrected chi connectivity index (χ2v) is 9.26. The Labute approximate surface area is 169 Å². The van der Waals surface area contributed by atoms with E-state index in [-0.39, 0.29) is 13.1 Å². The Kier molecular flexibility index (Phi) is 12.5. The van der Waals surface area contributed by atoms with Gasteiger partial charge in [-0.1, -0.05) is 57.8 Å². The van der Waals surface area contributed by atoms with E-state index in [0.717, 1.165) is 39.3 Å². The van der Waals surface area contributed by atoms with Crippen LogP contribution in [0.3, 0.4) is 0 Å². The van der Waals surface area contributed by atoms with Crippen LogP contribution in [0.1, 0.15) is 57.8 Å². The number of rotatable bonds is 6. The van der Waals surface area contributed by atoms with E-state index in [1.54, 1.807) is 0 Å². The zero-order chi connectivity index (χ0) is 17.7. The molecule has 4 nitrogen and oxygen atoms in total. The van der Waals surface area contributed by atoms with Crippen LogP contribution in [0, 0.1) is 0 Å². The van der Waals surface area contributed by atoms with Gasteiger partial charge in [0.05, 0.1) is 0 Å². The molecule has 3 aliphatic rings. The summed E-state index contributed by atoms with van der Waals surface area (Å²) in [5.74, 6) is 0. The van der Waals surface area contributed by atoms with Crippen molar-refractivity contribution in [3.8, 4) is 0 Å². The van der Waals surface area contributed by atoms with E-state index in [4.69, 9.17) is 36.1 Å². The predicted molar refractivity (Wildman–Crippen MR) is 106 cm³/mol. The quantitative estimate of drug-likeness (QED) is 0.516. The maximum absolute atomic E-state index is 4.85. The van der Waals surface area contributed by atoms with Crippen LogP contribution in [0.2, 0.25) is 0 Å². The van der Waals surface area contributed by atoms with Gasteiger partial charge in [-0.3, -0.25) is 0 Å². The fourth-order valence-corrected chi connectivity index (χ4v) is 4.14.